The van der Waals surface area contributed by atoms with Gasteiger partial charge in [0.15, 0.2) is 0 Å². The predicted octanol–water partition coefficient (Wildman–Crippen LogP) is 6.83. The average Bonchev–Trinajstić information content (AvgIpc) is 3.15. The van der Waals surface area contributed by atoms with Crippen LogP contribution < -0.4 is 0 Å². The molecule has 0 unspecified atom stereocenters. The number of benzene rings is 3. The number of hydrogen-bond donors (Lipinski definition) is 0. The molecular weight excluding hydrogens is 474 g/mol. The summed E-state index contributed by atoms with van der Waals surface area (Å²) in [5, 5.41) is 0. The van der Waals surface area contributed by atoms with E-state index in [9.17, 15) is 31.1 Å². The second kappa shape index (κ2) is 9.09. The number of fused-ring (bicyclic) bond motifs is 1. The number of nitrogens with zero attached hydrogens (tertiary/aromatic N) is 2. The summed E-state index contributed by atoms with van der Waals surface area (Å²) in [6.45, 7) is 1.82. The lowest BCUT2D eigenvalue weighted by molar-refractivity contribution is -0.138. The number of esters is 1. The highest BCUT2D eigenvalue weighted by molar-refractivity contribution is 5.90. The lowest BCUT2D eigenvalue weighted by Gasteiger charge is -2.12. The molecule has 3 aromatic carbocycles. The van der Waals surface area contributed by atoms with E-state index in [4.69, 9.17) is 4.74 Å². The molecule has 1 heterocycles. The van der Waals surface area contributed by atoms with Crippen molar-refractivity contribution in [1.82, 2.24) is 9.55 Å². The number of alkyl halides is 6. The molecule has 1 aromatic heterocycles. The quantitative estimate of drug-likeness (QED) is 0.227. The molecule has 10 heteroatoms. The Labute approximate surface area is 195 Å². The van der Waals surface area contributed by atoms with Gasteiger partial charge in [0.2, 0.25) is 0 Å². The van der Waals surface area contributed by atoms with E-state index in [0.717, 1.165) is 24.3 Å². The highest BCUT2D eigenvalue weighted by Crippen LogP contribution is 2.33. The molecule has 0 amide bonds. The topological polar surface area (TPSA) is 44.1 Å². The molecule has 0 aliphatic carbocycles. The van der Waals surface area contributed by atoms with Gasteiger partial charge < -0.3 is 4.74 Å². The van der Waals surface area contributed by atoms with Crippen LogP contribution in [0, 0.1) is 0 Å². The fourth-order valence-electron chi connectivity index (χ4n) is 3.69. The summed E-state index contributed by atoms with van der Waals surface area (Å²) in [5.41, 5.74) is -0.127. The summed E-state index contributed by atoms with van der Waals surface area (Å²) in [6, 6.07) is 13.9. The zero-order chi connectivity index (χ0) is 25.4. The monoisotopic (exact) mass is 492 g/mol. The SMILES string of the molecule is CCOC(=O)c1cccc(-n2c(Cc3ccc(C(F)(F)F)cc3)nc3cc(C(F)(F)F)ccc32)c1. The molecule has 0 fully saturated rings. The number of imidazole rings is 1. The zero-order valence-electron chi connectivity index (χ0n) is 18.2. The molecule has 0 spiro atoms. The van der Waals surface area contributed by atoms with Gasteiger partial charge in [-0.25, -0.2) is 9.78 Å². The van der Waals surface area contributed by atoms with Crippen LogP contribution in [0.4, 0.5) is 26.3 Å². The minimum Gasteiger partial charge on any atom is -0.462 e. The average molecular weight is 492 g/mol. The van der Waals surface area contributed by atoms with Crippen LogP contribution in [0.3, 0.4) is 0 Å². The summed E-state index contributed by atoms with van der Waals surface area (Å²) in [5.74, 6) is -0.275. The fourth-order valence-corrected chi connectivity index (χ4v) is 3.69. The van der Waals surface area contributed by atoms with E-state index < -0.39 is 29.4 Å². The van der Waals surface area contributed by atoms with Crippen LogP contribution in [-0.4, -0.2) is 22.1 Å². The number of halogens is 6. The van der Waals surface area contributed by atoms with Crippen molar-refractivity contribution in [3.63, 3.8) is 0 Å². The molecule has 0 atom stereocenters. The third-order valence-corrected chi connectivity index (χ3v) is 5.31. The Balaban J connectivity index is 1.84. The normalized spacial score (nSPS) is 12.2. The van der Waals surface area contributed by atoms with Crippen molar-refractivity contribution in [2.24, 2.45) is 0 Å². The van der Waals surface area contributed by atoms with Crippen molar-refractivity contribution >= 4 is 17.0 Å². The number of rotatable bonds is 5. The smallest absolute Gasteiger partial charge is 0.416 e. The van der Waals surface area contributed by atoms with Crippen LogP contribution in [-0.2, 0) is 23.5 Å². The van der Waals surface area contributed by atoms with E-state index in [1.54, 1.807) is 23.6 Å². The Morgan fingerprint density at radius 1 is 0.886 bits per heavy atom. The van der Waals surface area contributed by atoms with Crippen LogP contribution in [0.25, 0.3) is 16.7 Å². The summed E-state index contributed by atoms with van der Waals surface area (Å²) in [6.07, 6.45) is -9.03. The van der Waals surface area contributed by atoms with Gasteiger partial charge in [-0.05, 0) is 61.0 Å². The van der Waals surface area contributed by atoms with Crippen molar-refractivity contribution in [1.29, 1.82) is 0 Å². The number of carbonyl (C=O) groups is 1. The first-order valence-corrected chi connectivity index (χ1v) is 10.5. The molecule has 0 N–H and O–H groups in total. The molecule has 4 nitrogen and oxygen atoms in total. The van der Waals surface area contributed by atoms with Crippen LogP contribution in [0.15, 0.2) is 66.7 Å². The van der Waals surface area contributed by atoms with Gasteiger partial charge in [0, 0.05) is 12.1 Å². The van der Waals surface area contributed by atoms with Crippen molar-refractivity contribution < 1.29 is 35.9 Å². The van der Waals surface area contributed by atoms with Gasteiger partial charge in [-0.1, -0.05) is 18.2 Å². The number of aromatic nitrogens is 2. The van der Waals surface area contributed by atoms with Crippen molar-refractivity contribution in [3.05, 3.63) is 94.8 Å². The lowest BCUT2D eigenvalue weighted by Crippen LogP contribution is -2.08. The molecule has 0 radical (unpaired) electrons. The highest BCUT2D eigenvalue weighted by atomic mass is 19.4. The Kier molecular flexibility index (Phi) is 6.31. The van der Waals surface area contributed by atoms with Crippen LogP contribution >= 0.6 is 0 Å². The number of hydrogen-bond acceptors (Lipinski definition) is 3. The molecule has 0 saturated carbocycles. The third kappa shape index (κ3) is 5.16. The Morgan fingerprint density at radius 2 is 1.54 bits per heavy atom. The first-order valence-electron chi connectivity index (χ1n) is 10.5. The molecule has 182 valence electrons. The van der Waals surface area contributed by atoms with Crippen LogP contribution in [0.2, 0.25) is 0 Å². The maximum atomic E-state index is 13.3. The van der Waals surface area contributed by atoms with Gasteiger partial charge in [-0.15, -0.1) is 0 Å². The first-order chi connectivity index (χ1) is 16.5. The maximum absolute atomic E-state index is 13.3. The van der Waals surface area contributed by atoms with Gasteiger partial charge in [0.25, 0.3) is 0 Å². The number of ether oxygens (including phenoxy) is 1. The summed E-state index contributed by atoms with van der Waals surface area (Å²) in [4.78, 5) is 16.6. The maximum Gasteiger partial charge on any atom is 0.416 e. The standard InChI is InChI=1S/C25H18F6N2O2/c1-2-35-23(34)16-4-3-5-19(13-16)33-21-11-10-18(25(29,30)31)14-20(21)32-22(33)12-15-6-8-17(9-7-15)24(26,27)28/h3-11,13-14H,2,12H2,1H3. The summed E-state index contributed by atoms with van der Waals surface area (Å²) < 4.78 is 85.1. The fraction of sp³-hybridized carbons (Fsp3) is 0.200. The van der Waals surface area contributed by atoms with Crippen molar-refractivity contribution in [2.75, 3.05) is 6.61 Å². The predicted molar refractivity (Wildman–Crippen MR) is 116 cm³/mol. The Morgan fingerprint density at radius 3 is 2.17 bits per heavy atom. The largest absolute Gasteiger partial charge is 0.462 e. The van der Waals surface area contributed by atoms with Crippen LogP contribution in [0.5, 0.6) is 0 Å². The van der Waals surface area contributed by atoms with Crippen LogP contribution in [0.1, 0.15) is 39.8 Å². The van der Waals surface area contributed by atoms with Crippen molar-refractivity contribution in [2.45, 2.75) is 25.7 Å². The highest BCUT2D eigenvalue weighted by Gasteiger charge is 2.32. The Bertz CT molecular complexity index is 1370. The van der Waals surface area contributed by atoms with E-state index in [2.05, 4.69) is 4.98 Å². The van der Waals surface area contributed by atoms with Gasteiger partial charge >= 0.3 is 18.3 Å². The second-order valence-corrected chi connectivity index (χ2v) is 7.71. The van der Waals surface area contributed by atoms with E-state index in [1.165, 1.54) is 30.3 Å². The third-order valence-electron chi connectivity index (χ3n) is 5.31. The first kappa shape index (κ1) is 24.3. The van der Waals surface area contributed by atoms with Gasteiger partial charge in [0.05, 0.1) is 34.3 Å². The van der Waals surface area contributed by atoms with Gasteiger partial charge in [-0.2, -0.15) is 26.3 Å². The van der Waals surface area contributed by atoms with E-state index in [-0.39, 0.29) is 24.1 Å². The zero-order valence-corrected chi connectivity index (χ0v) is 18.2. The molecular formula is C25H18F6N2O2. The molecule has 35 heavy (non-hydrogen) atoms. The van der Waals surface area contributed by atoms with Gasteiger partial charge in [0.1, 0.15) is 5.82 Å². The number of carbonyl (C=O) groups excluding carboxylic acids is 1. The molecule has 4 aromatic rings. The summed E-state index contributed by atoms with van der Waals surface area (Å²) >= 11 is 0. The minimum atomic E-state index is -4.57. The van der Waals surface area contributed by atoms with Crippen molar-refractivity contribution in [3.8, 4) is 5.69 Å². The van der Waals surface area contributed by atoms with E-state index >= 15 is 0 Å². The Hall–Kier alpha value is -3.82. The van der Waals surface area contributed by atoms with Gasteiger partial charge in [-0.3, -0.25) is 4.57 Å². The lowest BCUT2D eigenvalue weighted by atomic mass is 10.1. The molecule has 0 bridgehead atoms. The molecule has 0 aliphatic heterocycles. The minimum absolute atomic E-state index is 0.0395. The van der Waals surface area contributed by atoms with E-state index in [0.29, 0.717) is 22.6 Å². The van der Waals surface area contributed by atoms with E-state index in [1.807, 2.05) is 0 Å². The molecule has 0 saturated heterocycles. The molecule has 4 rings (SSSR count). The second-order valence-electron chi connectivity index (χ2n) is 7.71. The molecule has 0 aliphatic rings. The summed E-state index contributed by atoms with van der Waals surface area (Å²) in [7, 11) is 0.